The van der Waals surface area contributed by atoms with E-state index in [9.17, 15) is 0 Å². The van der Waals surface area contributed by atoms with Gasteiger partial charge in [-0.25, -0.2) is 4.99 Å². The maximum atomic E-state index is 8.80. The number of nitriles is 1. The fourth-order valence-corrected chi connectivity index (χ4v) is 2.01. The van der Waals surface area contributed by atoms with Crippen molar-refractivity contribution in [3.63, 3.8) is 0 Å². The average molecular weight is 262 g/mol. The van der Waals surface area contributed by atoms with Gasteiger partial charge in [-0.2, -0.15) is 5.26 Å². The summed E-state index contributed by atoms with van der Waals surface area (Å²) in [6.45, 7) is 0. The second-order valence-electron chi connectivity index (χ2n) is 3.16. The van der Waals surface area contributed by atoms with Gasteiger partial charge in [0.2, 0.25) is 0 Å². The lowest BCUT2D eigenvalue weighted by Gasteiger charge is -1.98. The molecule has 0 saturated carbocycles. The monoisotopic (exact) mass is 261 g/mol. The van der Waals surface area contributed by atoms with Gasteiger partial charge in [0, 0.05) is 10.7 Å². The summed E-state index contributed by atoms with van der Waals surface area (Å²) in [5, 5.41) is 15.0. The van der Waals surface area contributed by atoms with Crippen LogP contribution in [0.3, 0.4) is 0 Å². The Bertz CT molecular complexity index is 566. The van der Waals surface area contributed by atoms with E-state index in [1.165, 1.54) is 11.3 Å². The quantitative estimate of drug-likeness (QED) is 0.669. The van der Waals surface area contributed by atoms with Crippen molar-refractivity contribution in [3.8, 4) is 6.07 Å². The van der Waals surface area contributed by atoms with Gasteiger partial charge in [-0.1, -0.05) is 11.6 Å². The molecule has 2 rings (SSSR count). The minimum Gasteiger partial charge on any atom is -0.346 e. The molecule has 0 atom stereocenters. The van der Waals surface area contributed by atoms with Crippen LogP contribution in [0.5, 0.6) is 0 Å². The number of halogens is 1. The molecule has 0 bridgehead atoms. The Hall–Kier alpha value is -1.83. The number of anilines is 1. The molecule has 17 heavy (non-hydrogen) atoms. The van der Waals surface area contributed by atoms with E-state index in [0.717, 1.165) is 5.69 Å². The predicted molar refractivity (Wildman–Crippen MR) is 72.3 cm³/mol. The van der Waals surface area contributed by atoms with Crippen LogP contribution < -0.4 is 5.32 Å². The predicted octanol–water partition coefficient (Wildman–Crippen LogP) is 4.05. The van der Waals surface area contributed by atoms with E-state index in [-0.39, 0.29) is 0 Å². The van der Waals surface area contributed by atoms with E-state index in [1.54, 1.807) is 24.5 Å². The van der Waals surface area contributed by atoms with Crippen molar-refractivity contribution >= 4 is 40.0 Å². The van der Waals surface area contributed by atoms with E-state index < -0.39 is 0 Å². The fourth-order valence-electron chi connectivity index (χ4n) is 1.20. The zero-order chi connectivity index (χ0) is 12.1. The second kappa shape index (κ2) is 5.48. The number of rotatable bonds is 3. The number of nitrogens with one attached hydrogen (secondary N) is 1. The Morgan fingerprint density at radius 2 is 2.06 bits per heavy atom. The van der Waals surface area contributed by atoms with E-state index in [1.807, 2.05) is 17.5 Å². The van der Waals surface area contributed by atoms with Gasteiger partial charge in [0.15, 0.2) is 0 Å². The van der Waals surface area contributed by atoms with Gasteiger partial charge in [-0.3, -0.25) is 0 Å². The lowest BCUT2D eigenvalue weighted by molar-refractivity contribution is 1.49. The van der Waals surface area contributed by atoms with E-state index in [4.69, 9.17) is 16.9 Å². The molecule has 0 aliphatic heterocycles. The molecular formula is C12H8ClN3S. The molecule has 0 unspecified atom stereocenters. The van der Waals surface area contributed by atoms with Crippen LogP contribution in [0.1, 0.15) is 5.56 Å². The van der Waals surface area contributed by atoms with Crippen LogP contribution in [-0.2, 0) is 0 Å². The molecule has 0 radical (unpaired) electrons. The maximum absolute atomic E-state index is 8.80. The minimum absolute atomic E-state index is 0.587. The first kappa shape index (κ1) is 11.6. The molecule has 0 fully saturated rings. The molecule has 5 heteroatoms. The number of benzene rings is 1. The van der Waals surface area contributed by atoms with Gasteiger partial charge in [-0.15, -0.1) is 11.3 Å². The van der Waals surface area contributed by atoms with Crippen LogP contribution in [0.4, 0.5) is 10.7 Å². The Kier molecular flexibility index (Phi) is 3.76. The number of hydrogen-bond donors (Lipinski definition) is 1. The minimum atomic E-state index is 0.587. The zero-order valence-corrected chi connectivity index (χ0v) is 10.3. The lowest BCUT2D eigenvalue weighted by atomic mass is 10.3. The molecule has 1 N–H and O–H groups in total. The van der Waals surface area contributed by atoms with Gasteiger partial charge >= 0.3 is 0 Å². The first-order valence-corrected chi connectivity index (χ1v) is 6.07. The number of aliphatic imine (C=N–C) groups is 1. The third-order valence-corrected chi connectivity index (χ3v) is 3.10. The number of hydrogen-bond acceptors (Lipinski definition) is 3. The first-order valence-electron chi connectivity index (χ1n) is 4.82. The Morgan fingerprint density at radius 3 is 2.76 bits per heavy atom. The second-order valence-corrected chi connectivity index (χ2v) is 4.49. The molecule has 0 spiro atoms. The van der Waals surface area contributed by atoms with Crippen LogP contribution in [0.25, 0.3) is 0 Å². The van der Waals surface area contributed by atoms with Crippen molar-refractivity contribution in [2.24, 2.45) is 4.99 Å². The van der Waals surface area contributed by atoms with Crippen LogP contribution in [0.15, 0.2) is 40.7 Å². The Morgan fingerprint density at radius 1 is 1.29 bits per heavy atom. The van der Waals surface area contributed by atoms with Crippen molar-refractivity contribution in [3.05, 3.63) is 46.3 Å². The summed E-state index contributed by atoms with van der Waals surface area (Å²) in [4.78, 5) is 4.18. The van der Waals surface area contributed by atoms with Crippen LogP contribution in [-0.4, -0.2) is 6.34 Å². The highest BCUT2D eigenvalue weighted by molar-refractivity contribution is 7.14. The van der Waals surface area contributed by atoms with Crippen LogP contribution >= 0.6 is 22.9 Å². The first-order chi connectivity index (χ1) is 8.29. The van der Waals surface area contributed by atoms with Crippen molar-refractivity contribution in [2.45, 2.75) is 0 Å². The molecule has 0 aliphatic carbocycles. The largest absolute Gasteiger partial charge is 0.346 e. The summed E-state index contributed by atoms with van der Waals surface area (Å²) in [6.07, 6.45) is 1.57. The van der Waals surface area contributed by atoms with Crippen LogP contribution in [0, 0.1) is 11.3 Å². The zero-order valence-electron chi connectivity index (χ0n) is 8.72. The molecule has 1 heterocycles. The molecule has 0 aliphatic rings. The summed E-state index contributed by atoms with van der Waals surface area (Å²) in [5.41, 5.74) is 1.48. The van der Waals surface area contributed by atoms with E-state index in [0.29, 0.717) is 15.6 Å². The van der Waals surface area contributed by atoms with Crippen LogP contribution in [0.2, 0.25) is 5.02 Å². The summed E-state index contributed by atoms with van der Waals surface area (Å²) in [6, 6.07) is 11.1. The van der Waals surface area contributed by atoms with Gasteiger partial charge in [0.25, 0.3) is 0 Å². The summed E-state index contributed by atoms with van der Waals surface area (Å²) in [5.74, 6) is 0. The van der Waals surface area contributed by atoms with Gasteiger partial charge in [0.1, 0.15) is 11.1 Å². The third-order valence-electron chi connectivity index (χ3n) is 2.02. The molecule has 3 nitrogen and oxygen atoms in total. The van der Waals surface area contributed by atoms with Gasteiger partial charge < -0.3 is 5.32 Å². The summed E-state index contributed by atoms with van der Waals surface area (Å²) < 4.78 is 0. The van der Waals surface area contributed by atoms with Crippen molar-refractivity contribution < 1.29 is 0 Å². The molecule has 0 saturated heterocycles. The molecule has 0 amide bonds. The molecule has 1 aromatic heterocycles. The van der Waals surface area contributed by atoms with Crippen molar-refractivity contribution in [1.29, 1.82) is 5.26 Å². The fraction of sp³-hybridized carbons (Fsp3) is 0. The van der Waals surface area contributed by atoms with E-state index >= 15 is 0 Å². The molecule has 2 aromatic rings. The molecule has 1 aromatic carbocycles. The van der Waals surface area contributed by atoms with Crippen molar-refractivity contribution in [2.75, 3.05) is 5.32 Å². The van der Waals surface area contributed by atoms with Gasteiger partial charge in [-0.05, 0) is 35.7 Å². The molecule has 84 valence electrons. The maximum Gasteiger partial charge on any atom is 0.135 e. The normalized spacial score (nSPS) is 10.4. The summed E-state index contributed by atoms with van der Waals surface area (Å²) >= 11 is 7.20. The van der Waals surface area contributed by atoms with E-state index in [2.05, 4.69) is 16.4 Å². The average Bonchev–Trinajstić information content (AvgIpc) is 2.79. The number of nitrogens with zero attached hydrogens (tertiary/aromatic N) is 2. The smallest absolute Gasteiger partial charge is 0.135 e. The standard InChI is InChI=1S/C12H8ClN3S/c13-10-1-3-11(4-2-10)15-8-16-12-9(7-14)5-6-17-12/h1-6,8H,(H,15,16). The SMILES string of the molecule is N#Cc1ccsc1/N=C/Nc1ccc(Cl)cc1. The highest BCUT2D eigenvalue weighted by Crippen LogP contribution is 2.25. The number of thiophene rings is 1. The summed E-state index contributed by atoms with van der Waals surface area (Å²) in [7, 11) is 0. The Balaban J connectivity index is 2.03. The molecular weight excluding hydrogens is 254 g/mol. The highest BCUT2D eigenvalue weighted by Gasteiger charge is 1.99. The van der Waals surface area contributed by atoms with Crippen molar-refractivity contribution in [1.82, 2.24) is 0 Å². The van der Waals surface area contributed by atoms with Gasteiger partial charge in [0.05, 0.1) is 11.9 Å². The Labute approximate surface area is 108 Å². The third kappa shape index (κ3) is 3.06. The lowest BCUT2D eigenvalue weighted by Crippen LogP contribution is -1.93. The topological polar surface area (TPSA) is 48.2 Å². The highest BCUT2D eigenvalue weighted by atomic mass is 35.5.